The number of morpholine rings is 1. The normalized spacial score (nSPS) is 16.0. The number of ether oxygens (including phenoxy) is 1. The standard InChI is InChI=1S/C22H31ClN4O3/c1-3-17(2)24-22(28)20-16-30-21(25-20)15-27(8-7-26-9-11-29-12-10-26)14-18-5-4-6-19(23)13-18/h4-6,13,16-17H,3,7-12,14-15H2,1-2H3,(H,24,28). The van der Waals surface area contributed by atoms with Gasteiger partial charge in [-0.1, -0.05) is 30.7 Å². The molecule has 1 N–H and O–H groups in total. The van der Waals surface area contributed by atoms with E-state index in [2.05, 4.69) is 26.2 Å². The van der Waals surface area contributed by atoms with Gasteiger partial charge in [0.25, 0.3) is 5.91 Å². The Hall–Kier alpha value is -1.93. The first-order chi connectivity index (χ1) is 14.5. The van der Waals surface area contributed by atoms with E-state index in [4.69, 9.17) is 20.8 Å². The molecule has 1 aromatic carbocycles. The van der Waals surface area contributed by atoms with E-state index in [1.807, 2.05) is 32.0 Å². The summed E-state index contributed by atoms with van der Waals surface area (Å²) in [5.74, 6) is 0.336. The molecule has 30 heavy (non-hydrogen) atoms. The highest BCUT2D eigenvalue weighted by molar-refractivity contribution is 6.30. The number of carbonyl (C=O) groups is 1. The Bertz CT molecular complexity index is 807. The van der Waals surface area contributed by atoms with Gasteiger partial charge in [-0.3, -0.25) is 14.6 Å². The van der Waals surface area contributed by atoms with Crippen molar-refractivity contribution in [2.75, 3.05) is 39.4 Å². The number of hydrogen-bond donors (Lipinski definition) is 1. The molecule has 0 bridgehead atoms. The van der Waals surface area contributed by atoms with Crippen LogP contribution in [0, 0.1) is 0 Å². The number of benzene rings is 1. The summed E-state index contributed by atoms with van der Waals surface area (Å²) in [7, 11) is 0. The van der Waals surface area contributed by atoms with Crippen LogP contribution in [0.25, 0.3) is 0 Å². The molecule has 2 aromatic rings. The van der Waals surface area contributed by atoms with Crippen LogP contribution in [0.2, 0.25) is 5.02 Å². The number of carbonyl (C=O) groups excluding carboxylic acids is 1. The number of nitrogens with one attached hydrogen (secondary N) is 1. The largest absolute Gasteiger partial charge is 0.447 e. The third-order valence-corrected chi connectivity index (χ3v) is 5.50. The van der Waals surface area contributed by atoms with Gasteiger partial charge in [0, 0.05) is 43.8 Å². The average Bonchev–Trinajstić information content (AvgIpc) is 3.21. The van der Waals surface area contributed by atoms with Gasteiger partial charge in [0.15, 0.2) is 5.69 Å². The number of aromatic nitrogens is 1. The maximum absolute atomic E-state index is 12.3. The minimum atomic E-state index is -0.200. The summed E-state index contributed by atoms with van der Waals surface area (Å²) in [6, 6.07) is 7.98. The lowest BCUT2D eigenvalue weighted by Crippen LogP contribution is -2.41. The van der Waals surface area contributed by atoms with Crippen LogP contribution in [0.1, 0.15) is 42.2 Å². The van der Waals surface area contributed by atoms with Crippen molar-refractivity contribution >= 4 is 17.5 Å². The van der Waals surface area contributed by atoms with Crippen LogP contribution in [-0.2, 0) is 17.8 Å². The van der Waals surface area contributed by atoms with E-state index >= 15 is 0 Å². The third kappa shape index (κ3) is 7.09. The minimum Gasteiger partial charge on any atom is -0.447 e. The van der Waals surface area contributed by atoms with Gasteiger partial charge < -0.3 is 14.5 Å². The molecule has 1 unspecified atom stereocenters. The van der Waals surface area contributed by atoms with E-state index < -0.39 is 0 Å². The van der Waals surface area contributed by atoms with Crippen LogP contribution in [0.5, 0.6) is 0 Å². The zero-order chi connectivity index (χ0) is 21.3. The van der Waals surface area contributed by atoms with E-state index in [1.165, 1.54) is 6.26 Å². The molecular formula is C22H31ClN4O3. The highest BCUT2D eigenvalue weighted by atomic mass is 35.5. The second kappa shape index (κ2) is 11.5. The number of oxazole rings is 1. The zero-order valence-corrected chi connectivity index (χ0v) is 18.5. The molecule has 164 valence electrons. The average molecular weight is 435 g/mol. The second-order valence-electron chi connectivity index (χ2n) is 7.70. The maximum atomic E-state index is 12.3. The molecule has 1 fully saturated rings. The van der Waals surface area contributed by atoms with Gasteiger partial charge in [-0.2, -0.15) is 0 Å². The quantitative estimate of drug-likeness (QED) is 0.619. The molecule has 1 amide bonds. The van der Waals surface area contributed by atoms with Gasteiger partial charge in [-0.25, -0.2) is 4.98 Å². The van der Waals surface area contributed by atoms with Gasteiger partial charge in [0.2, 0.25) is 5.89 Å². The highest BCUT2D eigenvalue weighted by Crippen LogP contribution is 2.15. The van der Waals surface area contributed by atoms with E-state index in [-0.39, 0.29) is 11.9 Å². The van der Waals surface area contributed by atoms with Crippen LogP contribution < -0.4 is 5.32 Å². The van der Waals surface area contributed by atoms with Crippen molar-refractivity contribution in [1.29, 1.82) is 0 Å². The molecule has 1 aliphatic heterocycles. The van der Waals surface area contributed by atoms with Crippen molar-refractivity contribution in [2.45, 2.75) is 39.4 Å². The molecule has 0 radical (unpaired) electrons. The Labute approximate surface area is 183 Å². The molecule has 2 heterocycles. The molecule has 0 spiro atoms. The highest BCUT2D eigenvalue weighted by Gasteiger charge is 2.18. The zero-order valence-electron chi connectivity index (χ0n) is 17.8. The SMILES string of the molecule is CCC(C)NC(=O)c1coc(CN(CCN2CCOCC2)Cc2cccc(Cl)c2)n1. The summed E-state index contributed by atoms with van der Waals surface area (Å²) in [4.78, 5) is 21.4. The van der Waals surface area contributed by atoms with Crippen molar-refractivity contribution in [1.82, 2.24) is 20.1 Å². The summed E-state index contributed by atoms with van der Waals surface area (Å²) >= 11 is 6.16. The number of hydrogen-bond acceptors (Lipinski definition) is 6. The molecular weight excluding hydrogens is 404 g/mol. The van der Waals surface area contributed by atoms with E-state index in [9.17, 15) is 4.79 Å². The maximum Gasteiger partial charge on any atom is 0.273 e. The molecule has 0 saturated carbocycles. The van der Waals surface area contributed by atoms with E-state index in [0.717, 1.165) is 62.9 Å². The molecule has 1 aliphatic rings. The third-order valence-electron chi connectivity index (χ3n) is 5.26. The molecule has 8 heteroatoms. The Morgan fingerprint density at radius 3 is 2.87 bits per heavy atom. The van der Waals surface area contributed by atoms with Gasteiger partial charge in [0.1, 0.15) is 6.26 Å². The number of rotatable bonds is 10. The molecule has 0 aliphatic carbocycles. The minimum absolute atomic E-state index is 0.102. The predicted molar refractivity (Wildman–Crippen MR) is 117 cm³/mol. The van der Waals surface area contributed by atoms with Crippen molar-refractivity contribution in [3.63, 3.8) is 0 Å². The lowest BCUT2D eigenvalue weighted by atomic mass is 10.2. The van der Waals surface area contributed by atoms with E-state index in [1.54, 1.807) is 0 Å². The fraction of sp³-hybridized carbons (Fsp3) is 0.545. The lowest BCUT2D eigenvalue weighted by Gasteiger charge is -2.29. The number of halogens is 1. The molecule has 1 aromatic heterocycles. The molecule has 1 atom stereocenters. The van der Waals surface area contributed by atoms with Gasteiger partial charge >= 0.3 is 0 Å². The summed E-state index contributed by atoms with van der Waals surface area (Å²) in [6.45, 7) is 10.5. The first-order valence-corrected chi connectivity index (χ1v) is 10.9. The molecule has 7 nitrogen and oxygen atoms in total. The Morgan fingerprint density at radius 2 is 2.13 bits per heavy atom. The van der Waals surface area contributed by atoms with Crippen molar-refractivity contribution in [3.05, 3.63) is 52.7 Å². The predicted octanol–water partition coefficient (Wildman–Crippen LogP) is 3.19. The summed E-state index contributed by atoms with van der Waals surface area (Å²) in [6.07, 6.45) is 2.30. The van der Waals surface area contributed by atoms with Crippen molar-refractivity contribution < 1.29 is 13.9 Å². The molecule has 1 saturated heterocycles. The van der Waals surface area contributed by atoms with E-state index in [0.29, 0.717) is 18.1 Å². The van der Waals surface area contributed by atoms with Crippen molar-refractivity contribution in [2.24, 2.45) is 0 Å². The fourth-order valence-corrected chi connectivity index (χ4v) is 3.51. The van der Waals surface area contributed by atoms with Crippen LogP contribution in [0.4, 0.5) is 0 Å². The van der Waals surface area contributed by atoms with Crippen LogP contribution >= 0.6 is 11.6 Å². The van der Waals surface area contributed by atoms with Crippen LogP contribution in [0.3, 0.4) is 0 Å². The molecule has 3 rings (SSSR count). The summed E-state index contributed by atoms with van der Waals surface area (Å²) < 4.78 is 11.1. The first-order valence-electron chi connectivity index (χ1n) is 10.6. The number of nitrogens with zero attached hydrogens (tertiary/aromatic N) is 3. The summed E-state index contributed by atoms with van der Waals surface area (Å²) in [5, 5.41) is 3.64. The van der Waals surface area contributed by atoms with Gasteiger partial charge in [0.05, 0.1) is 19.8 Å². The lowest BCUT2D eigenvalue weighted by molar-refractivity contribution is 0.0320. The Morgan fingerprint density at radius 1 is 1.33 bits per heavy atom. The Kier molecular flexibility index (Phi) is 8.69. The van der Waals surface area contributed by atoms with Crippen molar-refractivity contribution in [3.8, 4) is 0 Å². The number of amides is 1. The van der Waals surface area contributed by atoms with Gasteiger partial charge in [-0.05, 0) is 31.0 Å². The fourth-order valence-electron chi connectivity index (χ4n) is 3.29. The Balaban J connectivity index is 1.64. The topological polar surface area (TPSA) is 70.8 Å². The monoisotopic (exact) mass is 434 g/mol. The van der Waals surface area contributed by atoms with Gasteiger partial charge in [-0.15, -0.1) is 0 Å². The summed E-state index contributed by atoms with van der Waals surface area (Å²) in [5.41, 5.74) is 1.45. The smallest absolute Gasteiger partial charge is 0.273 e. The first kappa shape index (κ1) is 22.7. The van der Waals surface area contributed by atoms with Crippen LogP contribution in [0.15, 0.2) is 34.9 Å². The van der Waals surface area contributed by atoms with Crippen LogP contribution in [-0.4, -0.2) is 66.1 Å². The second-order valence-corrected chi connectivity index (χ2v) is 8.14.